The molecule has 0 saturated heterocycles. The normalized spacial score (nSPS) is 11.9. The van der Waals surface area contributed by atoms with Crippen molar-refractivity contribution in [1.82, 2.24) is 4.98 Å². The highest BCUT2D eigenvalue weighted by molar-refractivity contribution is 6.04. The van der Waals surface area contributed by atoms with E-state index >= 15 is 0 Å². The van der Waals surface area contributed by atoms with Crippen LogP contribution >= 0.6 is 0 Å². The van der Waals surface area contributed by atoms with Gasteiger partial charge in [0, 0.05) is 18.4 Å². The minimum Gasteiger partial charge on any atom is -0.454 e. The Morgan fingerprint density at radius 3 is 2.74 bits per heavy atom. The maximum atomic E-state index is 12.4. The summed E-state index contributed by atoms with van der Waals surface area (Å²) < 4.78 is 10.7. The van der Waals surface area contributed by atoms with Gasteiger partial charge >= 0.3 is 0 Å². The van der Waals surface area contributed by atoms with Gasteiger partial charge in [-0.25, -0.2) is 4.98 Å². The number of hydrogen-bond donors (Lipinski definition) is 2. The van der Waals surface area contributed by atoms with Crippen molar-refractivity contribution in [2.45, 2.75) is 13.5 Å². The third-order valence-corrected chi connectivity index (χ3v) is 4.33. The molecule has 0 bridgehead atoms. The molecule has 0 saturated carbocycles. The number of carbonyl (C=O) groups is 1. The van der Waals surface area contributed by atoms with E-state index in [9.17, 15) is 4.79 Å². The van der Waals surface area contributed by atoms with E-state index in [0.29, 0.717) is 17.9 Å². The van der Waals surface area contributed by atoms with Gasteiger partial charge in [-0.05, 0) is 48.4 Å². The van der Waals surface area contributed by atoms with Gasteiger partial charge in [0.2, 0.25) is 6.79 Å². The number of hydrogen-bond acceptors (Lipinski definition) is 5. The van der Waals surface area contributed by atoms with E-state index in [-0.39, 0.29) is 12.7 Å². The number of nitrogens with zero attached hydrogens (tertiary/aromatic N) is 1. The molecule has 0 atom stereocenters. The summed E-state index contributed by atoms with van der Waals surface area (Å²) in [6.45, 7) is 2.81. The van der Waals surface area contributed by atoms with Crippen molar-refractivity contribution in [2.24, 2.45) is 0 Å². The number of anilines is 2. The van der Waals surface area contributed by atoms with Gasteiger partial charge in [-0.3, -0.25) is 4.79 Å². The Bertz CT molecular complexity index is 971. The van der Waals surface area contributed by atoms with E-state index in [0.717, 1.165) is 28.3 Å². The van der Waals surface area contributed by atoms with Crippen LogP contribution in [-0.4, -0.2) is 17.7 Å². The summed E-state index contributed by atoms with van der Waals surface area (Å²) in [7, 11) is 0. The SMILES string of the molecule is Cc1ccccc1NC(=O)c1ccc(NCc2ccc3c(c2)OCO3)nc1. The molecule has 0 spiro atoms. The Morgan fingerprint density at radius 1 is 1.07 bits per heavy atom. The highest BCUT2D eigenvalue weighted by Gasteiger charge is 2.13. The van der Waals surface area contributed by atoms with Crippen LogP contribution < -0.4 is 20.1 Å². The molecular formula is C21H19N3O3. The largest absolute Gasteiger partial charge is 0.454 e. The molecule has 6 heteroatoms. The van der Waals surface area contributed by atoms with Crippen LogP contribution in [0, 0.1) is 6.92 Å². The van der Waals surface area contributed by atoms with Gasteiger partial charge < -0.3 is 20.1 Å². The molecule has 2 N–H and O–H groups in total. The zero-order valence-electron chi connectivity index (χ0n) is 14.9. The Morgan fingerprint density at radius 2 is 1.93 bits per heavy atom. The topological polar surface area (TPSA) is 72.5 Å². The van der Waals surface area contributed by atoms with Crippen molar-refractivity contribution < 1.29 is 14.3 Å². The Labute approximate surface area is 157 Å². The van der Waals surface area contributed by atoms with E-state index in [2.05, 4.69) is 15.6 Å². The lowest BCUT2D eigenvalue weighted by Gasteiger charge is -2.09. The second kappa shape index (κ2) is 7.37. The maximum Gasteiger partial charge on any atom is 0.257 e. The number of amides is 1. The van der Waals surface area contributed by atoms with Crippen LogP contribution in [0.4, 0.5) is 11.5 Å². The number of para-hydroxylation sites is 1. The third-order valence-electron chi connectivity index (χ3n) is 4.33. The van der Waals surface area contributed by atoms with Gasteiger partial charge in [0.1, 0.15) is 5.82 Å². The van der Waals surface area contributed by atoms with Crippen LogP contribution in [0.15, 0.2) is 60.8 Å². The minimum atomic E-state index is -0.181. The predicted octanol–water partition coefficient (Wildman–Crippen LogP) is 3.98. The molecule has 0 fully saturated rings. The average Bonchev–Trinajstić information content (AvgIpc) is 3.16. The highest BCUT2D eigenvalue weighted by atomic mass is 16.7. The standard InChI is InChI=1S/C21H19N3O3/c1-14-4-2-3-5-17(14)24-21(25)16-7-9-20(23-12-16)22-11-15-6-8-18-19(10-15)27-13-26-18/h2-10,12H,11,13H2,1H3,(H,22,23)(H,24,25). The molecule has 0 radical (unpaired) electrons. The molecule has 0 aliphatic carbocycles. The van der Waals surface area contributed by atoms with Crippen molar-refractivity contribution in [3.63, 3.8) is 0 Å². The summed E-state index contributed by atoms with van der Waals surface area (Å²) in [5.74, 6) is 2.03. The molecule has 6 nitrogen and oxygen atoms in total. The lowest BCUT2D eigenvalue weighted by atomic mass is 10.2. The molecule has 3 aromatic rings. The third kappa shape index (κ3) is 3.84. The minimum absolute atomic E-state index is 0.181. The zero-order chi connectivity index (χ0) is 18.6. The quantitative estimate of drug-likeness (QED) is 0.719. The number of pyridine rings is 1. The summed E-state index contributed by atoms with van der Waals surface area (Å²) in [5.41, 5.74) is 3.38. The monoisotopic (exact) mass is 361 g/mol. The Kier molecular flexibility index (Phi) is 4.61. The van der Waals surface area contributed by atoms with Crippen molar-refractivity contribution in [3.05, 3.63) is 77.5 Å². The molecule has 1 aliphatic heterocycles. The first-order chi connectivity index (χ1) is 13.2. The van der Waals surface area contributed by atoms with E-state index < -0.39 is 0 Å². The molecular weight excluding hydrogens is 342 g/mol. The maximum absolute atomic E-state index is 12.4. The van der Waals surface area contributed by atoms with Crippen molar-refractivity contribution in [3.8, 4) is 11.5 Å². The molecule has 4 rings (SSSR count). The van der Waals surface area contributed by atoms with Gasteiger partial charge in [0.05, 0.1) is 5.56 Å². The van der Waals surface area contributed by atoms with Gasteiger partial charge in [0.15, 0.2) is 11.5 Å². The fourth-order valence-electron chi connectivity index (χ4n) is 2.78. The first kappa shape index (κ1) is 16.9. The summed E-state index contributed by atoms with van der Waals surface area (Å²) in [6, 6.07) is 17.0. The Balaban J connectivity index is 1.37. The molecule has 27 heavy (non-hydrogen) atoms. The summed E-state index contributed by atoms with van der Waals surface area (Å²) in [4.78, 5) is 16.7. The number of rotatable bonds is 5. The van der Waals surface area contributed by atoms with E-state index in [4.69, 9.17) is 9.47 Å². The smallest absolute Gasteiger partial charge is 0.257 e. The number of carbonyl (C=O) groups excluding carboxylic acids is 1. The highest BCUT2D eigenvalue weighted by Crippen LogP contribution is 2.32. The average molecular weight is 361 g/mol. The molecule has 136 valence electrons. The van der Waals surface area contributed by atoms with Crippen LogP contribution in [0.1, 0.15) is 21.5 Å². The van der Waals surface area contributed by atoms with Gasteiger partial charge in [-0.2, -0.15) is 0 Å². The number of nitrogens with one attached hydrogen (secondary N) is 2. The number of benzene rings is 2. The summed E-state index contributed by atoms with van der Waals surface area (Å²) >= 11 is 0. The van der Waals surface area contributed by atoms with Crippen LogP contribution in [-0.2, 0) is 6.54 Å². The van der Waals surface area contributed by atoms with Crippen LogP contribution in [0.25, 0.3) is 0 Å². The number of fused-ring (bicyclic) bond motifs is 1. The summed E-state index contributed by atoms with van der Waals surface area (Å²) in [6.07, 6.45) is 1.57. The number of aromatic nitrogens is 1. The van der Waals surface area contributed by atoms with Gasteiger partial charge in [-0.1, -0.05) is 24.3 Å². The van der Waals surface area contributed by atoms with E-state index in [1.165, 1.54) is 0 Å². The second-order valence-corrected chi connectivity index (χ2v) is 6.24. The Hall–Kier alpha value is -3.54. The fourth-order valence-corrected chi connectivity index (χ4v) is 2.78. The number of aryl methyl sites for hydroxylation is 1. The van der Waals surface area contributed by atoms with Gasteiger partial charge in [-0.15, -0.1) is 0 Å². The lowest BCUT2D eigenvalue weighted by Crippen LogP contribution is -2.13. The van der Waals surface area contributed by atoms with Crippen LogP contribution in [0.5, 0.6) is 11.5 Å². The first-order valence-corrected chi connectivity index (χ1v) is 8.64. The van der Waals surface area contributed by atoms with E-state index in [1.54, 1.807) is 18.3 Å². The van der Waals surface area contributed by atoms with Crippen LogP contribution in [0.3, 0.4) is 0 Å². The number of ether oxygens (including phenoxy) is 2. The van der Waals surface area contributed by atoms with E-state index in [1.807, 2.05) is 49.4 Å². The van der Waals surface area contributed by atoms with Crippen molar-refractivity contribution >= 4 is 17.4 Å². The van der Waals surface area contributed by atoms with Crippen molar-refractivity contribution in [2.75, 3.05) is 17.4 Å². The molecule has 2 aromatic carbocycles. The summed E-state index contributed by atoms with van der Waals surface area (Å²) in [5, 5.41) is 6.14. The zero-order valence-corrected chi connectivity index (χ0v) is 14.9. The lowest BCUT2D eigenvalue weighted by molar-refractivity contribution is 0.102. The van der Waals surface area contributed by atoms with Gasteiger partial charge in [0.25, 0.3) is 5.91 Å². The first-order valence-electron chi connectivity index (χ1n) is 8.64. The predicted molar refractivity (Wildman–Crippen MR) is 103 cm³/mol. The molecule has 2 heterocycles. The fraction of sp³-hybridized carbons (Fsp3) is 0.143. The van der Waals surface area contributed by atoms with Crippen LogP contribution in [0.2, 0.25) is 0 Å². The molecule has 1 amide bonds. The molecule has 1 aliphatic rings. The van der Waals surface area contributed by atoms with Crippen molar-refractivity contribution in [1.29, 1.82) is 0 Å². The molecule has 1 aromatic heterocycles. The molecule has 0 unspecified atom stereocenters. The second-order valence-electron chi connectivity index (χ2n) is 6.24.